The summed E-state index contributed by atoms with van der Waals surface area (Å²) in [6.45, 7) is 2.30. The van der Waals surface area contributed by atoms with E-state index >= 15 is 0 Å². The molecule has 0 saturated heterocycles. The summed E-state index contributed by atoms with van der Waals surface area (Å²) in [5, 5.41) is 2.71. The molecule has 0 nitrogen and oxygen atoms in total. The molecule has 7 rings (SSSR count). The molecule has 156 valence electrons. The summed E-state index contributed by atoms with van der Waals surface area (Å²) in [5.74, 6) is 0.277. The second-order valence-electron chi connectivity index (χ2n) is 9.34. The lowest BCUT2D eigenvalue weighted by Gasteiger charge is -2.28. The van der Waals surface area contributed by atoms with E-state index in [0.29, 0.717) is 0 Å². The molecule has 3 aliphatic carbocycles. The van der Waals surface area contributed by atoms with Gasteiger partial charge >= 0.3 is 0 Å². The topological polar surface area (TPSA) is 0 Å². The van der Waals surface area contributed by atoms with Crippen molar-refractivity contribution in [3.63, 3.8) is 0 Å². The third-order valence-corrected chi connectivity index (χ3v) is 7.51. The molecule has 33 heavy (non-hydrogen) atoms. The standard InChI is InChI=1S/C33H24/c1-21-18-29(22-10-3-2-4-11-22)33-26-15-8-6-13-24(26)20-31(33)32(21)28-17-9-16-27-25-14-7-5-12-23(25)19-30(27)28/h2-18,20,29H,19H2,1H3. The molecule has 1 unspecified atom stereocenters. The van der Waals surface area contributed by atoms with Crippen LogP contribution in [0.5, 0.6) is 0 Å². The van der Waals surface area contributed by atoms with E-state index in [1.807, 2.05) is 0 Å². The largest absolute Gasteiger partial charge is 0.0690 e. The van der Waals surface area contributed by atoms with E-state index in [1.165, 1.54) is 66.1 Å². The van der Waals surface area contributed by atoms with Crippen molar-refractivity contribution >= 4 is 17.2 Å². The Bertz CT molecular complexity index is 1630. The van der Waals surface area contributed by atoms with Crippen molar-refractivity contribution in [1.82, 2.24) is 0 Å². The molecular weight excluding hydrogens is 396 g/mol. The molecule has 4 aromatic rings. The first-order valence-corrected chi connectivity index (χ1v) is 11.8. The molecule has 0 radical (unpaired) electrons. The van der Waals surface area contributed by atoms with Crippen LogP contribution in [0, 0.1) is 0 Å². The molecule has 3 aliphatic rings. The van der Waals surface area contributed by atoms with E-state index in [4.69, 9.17) is 0 Å². The first kappa shape index (κ1) is 18.7. The van der Waals surface area contributed by atoms with Crippen molar-refractivity contribution in [2.45, 2.75) is 19.3 Å². The minimum atomic E-state index is 0.277. The Balaban J connectivity index is 1.51. The van der Waals surface area contributed by atoms with Crippen LogP contribution in [0.15, 0.2) is 114 Å². The smallest absolute Gasteiger partial charge is 0.0287 e. The Hall–Kier alpha value is -3.90. The highest BCUT2D eigenvalue weighted by molar-refractivity contribution is 6.04. The van der Waals surface area contributed by atoms with Crippen LogP contribution in [0.2, 0.25) is 0 Å². The van der Waals surface area contributed by atoms with Crippen molar-refractivity contribution < 1.29 is 0 Å². The van der Waals surface area contributed by atoms with Crippen molar-refractivity contribution in [3.8, 4) is 11.1 Å². The lowest BCUT2D eigenvalue weighted by Crippen LogP contribution is -2.24. The minimum absolute atomic E-state index is 0.277. The van der Waals surface area contributed by atoms with Crippen LogP contribution in [-0.2, 0) is 6.42 Å². The molecule has 0 heteroatoms. The Kier molecular flexibility index (Phi) is 3.98. The maximum atomic E-state index is 2.49. The van der Waals surface area contributed by atoms with Gasteiger partial charge in [-0.2, -0.15) is 0 Å². The van der Waals surface area contributed by atoms with Crippen LogP contribution in [0.4, 0.5) is 0 Å². The van der Waals surface area contributed by atoms with Gasteiger partial charge in [0.25, 0.3) is 0 Å². The van der Waals surface area contributed by atoms with Crippen LogP contribution < -0.4 is 10.4 Å². The molecule has 0 N–H and O–H groups in total. The summed E-state index contributed by atoms with van der Waals surface area (Å²) in [4.78, 5) is 0. The maximum Gasteiger partial charge on any atom is 0.0287 e. The summed E-state index contributed by atoms with van der Waals surface area (Å²) in [5.41, 5.74) is 14.1. The number of hydrogen-bond acceptors (Lipinski definition) is 0. The van der Waals surface area contributed by atoms with E-state index in [-0.39, 0.29) is 5.92 Å². The lowest BCUT2D eigenvalue weighted by molar-refractivity contribution is 1.07. The minimum Gasteiger partial charge on any atom is -0.0690 e. The van der Waals surface area contributed by atoms with Gasteiger partial charge in [-0.05, 0) is 85.5 Å². The molecule has 0 saturated carbocycles. The van der Waals surface area contributed by atoms with Crippen LogP contribution >= 0.6 is 0 Å². The average Bonchev–Trinajstić information content (AvgIpc) is 3.43. The molecule has 0 fully saturated rings. The fraction of sp³-hybridized carbons (Fsp3) is 0.0909. The predicted octanol–water partition coefficient (Wildman–Crippen LogP) is 6.40. The van der Waals surface area contributed by atoms with Gasteiger partial charge in [0.1, 0.15) is 0 Å². The fourth-order valence-electron chi connectivity index (χ4n) is 6.09. The highest BCUT2D eigenvalue weighted by atomic mass is 14.3. The maximum absolute atomic E-state index is 2.49. The van der Waals surface area contributed by atoms with Gasteiger partial charge in [-0.3, -0.25) is 0 Å². The lowest BCUT2D eigenvalue weighted by atomic mass is 9.75. The number of fused-ring (bicyclic) bond motifs is 5. The summed E-state index contributed by atoms with van der Waals surface area (Å²) in [7, 11) is 0. The predicted molar refractivity (Wildman–Crippen MR) is 138 cm³/mol. The van der Waals surface area contributed by atoms with Crippen molar-refractivity contribution in [1.29, 1.82) is 0 Å². The Morgan fingerprint density at radius 3 is 2.30 bits per heavy atom. The van der Waals surface area contributed by atoms with Crippen LogP contribution in [0.1, 0.15) is 35.1 Å². The summed E-state index contributed by atoms with van der Waals surface area (Å²) in [6.07, 6.45) is 5.92. The van der Waals surface area contributed by atoms with E-state index in [9.17, 15) is 0 Å². The molecule has 0 bridgehead atoms. The Labute approximate surface area is 194 Å². The van der Waals surface area contributed by atoms with Gasteiger partial charge in [-0.25, -0.2) is 0 Å². The molecule has 0 heterocycles. The second-order valence-corrected chi connectivity index (χ2v) is 9.34. The van der Waals surface area contributed by atoms with Crippen LogP contribution in [-0.4, -0.2) is 0 Å². The molecule has 1 atom stereocenters. The van der Waals surface area contributed by atoms with Crippen molar-refractivity contribution in [2.24, 2.45) is 0 Å². The average molecular weight is 421 g/mol. The van der Waals surface area contributed by atoms with Crippen molar-refractivity contribution in [3.05, 3.63) is 147 Å². The van der Waals surface area contributed by atoms with Gasteiger partial charge in [-0.1, -0.05) is 103 Å². The number of hydrogen-bond donors (Lipinski definition) is 0. The van der Waals surface area contributed by atoms with Gasteiger partial charge in [-0.15, -0.1) is 0 Å². The zero-order valence-corrected chi connectivity index (χ0v) is 18.7. The third kappa shape index (κ3) is 2.71. The van der Waals surface area contributed by atoms with Gasteiger partial charge in [0, 0.05) is 5.92 Å². The monoisotopic (exact) mass is 420 g/mol. The van der Waals surface area contributed by atoms with E-state index < -0.39 is 0 Å². The molecule has 0 spiro atoms. The van der Waals surface area contributed by atoms with Crippen LogP contribution in [0.25, 0.3) is 28.3 Å². The van der Waals surface area contributed by atoms with Gasteiger partial charge in [0.05, 0.1) is 0 Å². The van der Waals surface area contributed by atoms with E-state index in [2.05, 4.69) is 116 Å². The number of rotatable bonds is 2. The molecule has 0 aromatic heterocycles. The fourth-order valence-corrected chi connectivity index (χ4v) is 6.09. The van der Waals surface area contributed by atoms with E-state index in [1.54, 1.807) is 0 Å². The second kappa shape index (κ2) is 7.05. The first-order chi connectivity index (χ1) is 16.3. The highest BCUT2D eigenvalue weighted by Crippen LogP contribution is 2.48. The van der Waals surface area contributed by atoms with Gasteiger partial charge < -0.3 is 0 Å². The summed E-state index contributed by atoms with van der Waals surface area (Å²) >= 11 is 0. The van der Waals surface area contributed by atoms with Crippen LogP contribution in [0.3, 0.4) is 0 Å². The molecule has 0 amide bonds. The summed E-state index contributed by atoms with van der Waals surface area (Å²) in [6, 6.07) is 35.6. The first-order valence-electron chi connectivity index (χ1n) is 11.8. The van der Waals surface area contributed by atoms with Crippen molar-refractivity contribution in [2.75, 3.05) is 0 Å². The van der Waals surface area contributed by atoms with Gasteiger partial charge in [0.2, 0.25) is 0 Å². The van der Waals surface area contributed by atoms with E-state index in [0.717, 1.165) is 6.42 Å². The molecule has 4 aromatic carbocycles. The quantitative estimate of drug-likeness (QED) is 0.310. The number of benzene rings is 4. The molecule has 0 aliphatic heterocycles. The highest BCUT2D eigenvalue weighted by Gasteiger charge is 2.31. The Morgan fingerprint density at radius 2 is 1.39 bits per heavy atom. The molecular formula is C33H24. The summed E-state index contributed by atoms with van der Waals surface area (Å²) < 4.78 is 0. The SMILES string of the molecule is CC1=CC(c2ccccc2)C2=c3ccccc3=CC2=C1c1cccc2c1Cc1ccccc1-2. The normalized spacial score (nSPS) is 17.7. The zero-order valence-electron chi connectivity index (χ0n) is 18.7. The third-order valence-electron chi connectivity index (χ3n) is 7.51. The number of allylic oxidation sites excluding steroid dienone is 4. The Morgan fingerprint density at radius 1 is 0.667 bits per heavy atom. The zero-order chi connectivity index (χ0) is 21.9. The van der Waals surface area contributed by atoms with Gasteiger partial charge in [0.15, 0.2) is 0 Å².